The van der Waals surface area contributed by atoms with Crippen LogP contribution in [0.3, 0.4) is 0 Å². The van der Waals surface area contributed by atoms with Gasteiger partial charge < -0.3 is 25.4 Å². The lowest BCUT2D eigenvalue weighted by Gasteiger charge is -2.41. The lowest BCUT2D eigenvalue weighted by molar-refractivity contribution is -0.187. The molecule has 0 bridgehead atoms. The minimum Gasteiger partial charge on any atom is -0.394 e. The van der Waals surface area contributed by atoms with Crippen molar-refractivity contribution in [2.45, 2.75) is 37.4 Å². The second-order valence-corrected chi connectivity index (χ2v) is 5.52. The van der Waals surface area contributed by atoms with Gasteiger partial charge in [0, 0.05) is 10.5 Å². The van der Waals surface area contributed by atoms with Crippen LogP contribution in [0.5, 0.6) is 0 Å². The molecule has 1 aromatic carbocycles. The van der Waals surface area contributed by atoms with Gasteiger partial charge in [0.05, 0.1) is 18.8 Å². The van der Waals surface area contributed by atoms with Crippen LogP contribution in [-0.2, 0) is 4.74 Å². The molecule has 1 aliphatic heterocycles. The monoisotopic (exact) mass is 358 g/mol. The number of carbonyl (C=O) groups excluding carboxylic acids is 1. The Morgan fingerprint density at radius 2 is 1.96 bits per heavy atom. The highest BCUT2D eigenvalue weighted by Gasteiger charge is 2.43. The fourth-order valence-corrected chi connectivity index (χ4v) is 2.58. The van der Waals surface area contributed by atoms with Crippen molar-refractivity contribution >= 4 is 11.6 Å². The number of benzene rings is 1. The number of halogens is 2. The van der Waals surface area contributed by atoms with Crippen LogP contribution in [0.25, 0.3) is 10.4 Å². The van der Waals surface area contributed by atoms with Gasteiger partial charge in [-0.15, -0.1) is 0 Å². The average molecular weight is 358 g/mol. The molecule has 136 valence electrons. The summed E-state index contributed by atoms with van der Waals surface area (Å²) in [6.45, 7) is 0.967. The van der Waals surface area contributed by atoms with Crippen LogP contribution in [0.4, 0.5) is 14.5 Å². The number of aliphatic hydroxyl groups excluding tert-OH is 3. The molecule has 0 saturated carbocycles. The van der Waals surface area contributed by atoms with Crippen LogP contribution in [0.15, 0.2) is 17.2 Å². The van der Waals surface area contributed by atoms with E-state index in [1.165, 1.54) is 6.92 Å². The number of nitrogens with zero attached hydrogens (tertiary/aromatic N) is 3. The van der Waals surface area contributed by atoms with E-state index >= 15 is 0 Å². The molecule has 0 radical (unpaired) electrons. The Hall–Kier alpha value is -2.30. The molecule has 1 fully saturated rings. The van der Waals surface area contributed by atoms with E-state index in [0.29, 0.717) is 12.1 Å². The lowest BCUT2D eigenvalue weighted by atomic mass is 9.93. The van der Waals surface area contributed by atoms with Gasteiger partial charge >= 0.3 is 0 Å². The van der Waals surface area contributed by atoms with E-state index in [1.54, 1.807) is 0 Å². The molecule has 25 heavy (non-hydrogen) atoms. The Morgan fingerprint density at radius 3 is 2.48 bits per heavy atom. The molecular weight excluding hydrogens is 342 g/mol. The number of azide groups is 1. The van der Waals surface area contributed by atoms with Gasteiger partial charge in [0.15, 0.2) is 0 Å². The molecule has 0 aromatic heterocycles. The summed E-state index contributed by atoms with van der Waals surface area (Å²) >= 11 is 0. The van der Waals surface area contributed by atoms with E-state index in [-0.39, 0.29) is 0 Å². The predicted octanol–water partition coefficient (Wildman–Crippen LogP) is 0.506. The Bertz CT molecular complexity index is 689. The van der Waals surface area contributed by atoms with Gasteiger partial charge in [0.1, 0.15) is 35.6 Å². The molecule has 11 heteroatoms. The predicted molar refractivity (Wildman–Crippen MR) is 79.9 cm³/mol. The Labute approximate surface area is 140 Å². The van der Waals surface area contributed by atoms with Crippen LogP contribution >= 0.6 is 0 Å². The van der Waals surface area contributed by atoms with Crippen LogP contribution in [0.2, 0.25) is 0 Å². The van der Waals surface area contributed by atoms with Gasteiger partial charge in [0.2, 0.25) is 0 Å². The standard InChI is InChI=1S/C14H16F2N4O5/c1-5-10(13(23)12(22)9(4-21)25-5)18-14(24)6-2-7(15)11(19-20-17)8(16)3-6/h2-3,5,9-10,12-13,21-23H,4H2,1H3,(H,18,24)/t5-,9?,10?,12+,13-/m1/s1. The quantitative estimate of drug-likeness (QED) is 0.351. The van der Waals surface area contributed by atoms with Crippen molar-refractivity contribution in [3.05, 3.63) is 39.8 Å². The van der Waals surface area contributed by atoms with E-state index in [0.717, 1.165) is 0 Å². The number of ether oxygens (including phenoxy) is 1. The number of rotatable bonds is 4. The van der Waals surface area contributed by atoms with Crippen molar-refractivity contribution in [2.75, 3.05) is 6.61 Å². The molecule has 1 aliphatic rings. The van der Waals surface area contributed by atoms with Crippen molar-refractivity contribution < 1.29 is 33.6 Å². The van der Waals surface area contributed by atoms with Crippen molar-refractivity contribution in [1.29, 1.82) is 0 Å². The first kappa shape index (κ1) is 19.0. The number of amides is 1. The molecule has 4 N–H and O–H groups in total. The van der Waals surface area contributed by atoms with Gasteiger partial charge in [-0.2, -0.15) is 0 Å². The summed E-state index contributed by atoms with van der Waals surface area (Å²) in [6, 6.07) is 0.278. The van der Waals surface area contributed by atoms with Crippen molar-refractivity contribution in [3.63, 3.8) is 0 Å². The first-order valence-electron chi connectivity index (χ1n) is 7.27. The third-order valence-corrected chi connectivity index (χ3v) is 3.90. The molecule has 1 amide bonds. The highest BCUT2D eigenvalue weighted by molar-refractivity contribution is 5.94. The zero-order chi connectivity index (χ0) is 18.7. The van der Waals surface area contributed by atoms with Crippen molar-refractivity contribution in [1.82, 2.24) is 5.32 Å². The fraction of sp³-hybridized carbons (Fsp3) is 0.500. The molecule has 5 atom stereocenters. The maximum absolute atomic E-state index is 13.7. The maximum Gasteiger partial charge on any atom is 0.251 e. The summed E-state index contributed by atoms with van der Waals surface area (Å²) in [5.74, 6) is -3.38. The fourth-order valence-electron chi connectivity index (χ4n) is 2.58. The van der Waals surface area contributed by atoms with Crippen LogP contribution in [0, 0.1) is 11.6 Å². The molecule has 2 rings (SSSR count). The number of aliphatic hydroxyl groups is 3. The summed E-state index contributed by atoms with van der Waals surface area (Å²) in [6.07, 6.45) is -4.71. The zero-order valence-electron chi connectivity index (χ0n) is 13.0. The first-order valence-corrected chi connectivity index (χ1v) is 7.27. The smallest absolute Gasteiger partial charge is 0.251 e. The van der Waals surface area contributed by atoms with E-state index in [1.807, 2.05) is 0 Å². The molecule has 0 aliphatic carbocycles. The maximum atomic E-state index is 13.7. The Balaban J connectivity index is 2.20. The summed E-state index contributed by atoms with van der Waals surface area (Å²) in [7, 11) is 0. The number of hydrogen-bond acceptors (Lipinski definition) is 6. The van der Waals surface area contributed by atoms with Crippen molar-refractivity contribution in [2.24, 2.45) is 5.11 Å². The largest absolute Gasteiger partial charge is 0.394 e. The second-order valence-electron chi connectivity index (χ2n) is 5.52. The molecule has 1 aromatic rings. The Kier molecular flexibility index (Phi) is 5.88. The summed E-state index contributed by atoms with van der Waals surface area (Å²) < 4.78 is 32.7. The summed E-state index contributed by atoms with van der Waals surface area (Å²) in [5.41, 5.74) is 6.97. The molecule has 0 spiro atoms. The third kappa shape index (κ3) is 3.86. The topological polar surface area (TPSA) is 148 Å². The average Bonchev–Trinajstić information content (AvgIpc) is 2.57. The minimum absolute atomic E-state index is 0.412. The first-order chi connectivity index (χ1) is 11.8. The Morgan fingerprint density at radius 1 is 1.36 bits per heavy atom. The van der Waals surface area contributed by atoms with Gasteiger partial charge in [-0.3, -0.25) is 4.79 Å². The highest BCUT2D eigenvalue weighted by Crippen LogP contribution is 2.25. The third-order valence-electron chi connectivity index (χ3n) is 3.90. The normalized spacial score (nSPS) is 29.0. The van der Waals surface area contributed by atoms with Crippen LogP contribution < -0.4 is 5.32 Å². The summed E-state index contributed by atoms with van der Waals surface area (Å²) in [5, 5.41) is 34.2. The van der Waals surface area contributed by atoms with Crippen molar-refractivity contribution in [3.8, 4) is 0 Å². The van der Waals surface area contributed by atoms with Gasteiger partial charge in [-0.25, -0.2) is 8.78 Å². The van der Waals surface area contributed by atoms with E-state index in [4.69, 9.17) is 15.4 Å². The van der Waals surface area contributed by atoms with Crippen LogP contribution in [0.1, 0.15) is 17.3 Å². The van der Waals surface area contributed by atoms with E-state index in [2.05, 4.69) is 15.3 Å². The minimum atomic E-state index is -1.46. The van der Waals surface area contributed by atoms with E-state index in [9.17, 15) is 23.8 Å². The number of carbonyl (C=O) groups is 1. The van der Waals surface area contributed by atoms with Gasteiger partial charge in [-0.1, -0.05) is 5.11 Å². The second kappa shape index (κ2) is 7.72. The molecular formula is C14H16F2N4O5. The molecule has 1 saturated heterocycles. The molecule has 9 nitrogen and oxygen atoms in total. The molecule has 2 unspecified atom stereocenters. The molecule has 1 heterocycles. The number of hydrogen-bond donors (Lipinski definition) is 4. The highest BCUT2D eigenvalue weighted by atomic mass is 19.1. The lowest BCUT2D eigenvalue weighted by Crippen LogP contribution is -2.63. The number of nitrogens with one attached hydrogen (secondary N) is 1. The zero-order valence-corrected chi connectivity index (χ0v) is 13.0. The van der Waals surface area contributed by atoms with Crippen LogP contribution in [-0.4, -0.2) is 58.3 Å². The van der Waals surface area contributed by atoms with Gasteiger partial charge in [0.25, 0.3) is 5.91 Å². The SMILES string of the molecule is C[C@H]1OC(CO)[C@H](O)[C@H](O)C1NC(=O)c1cc(F)c(N=[N+]=[N-])c(F)c1. The summed E-state index contributed by atoms with van der Waals surface area (Å²) in [4.78, 5) is 14.5. The van der Waals surface area contributed by atoms with Gasteiger partial charge in [-0.05, 0) is 24.6 Å². The van der Waals surface area contributed by atoms with E-state index < -0.39 is 65.9 Å².